The maximum absolute atomic E-state index is 10.0. The van der Waals surface area contributed by atoms with Crippen molar-refractivity contribution >= 4 is 136 Å². The number of nitrogens with one attached hydrogen (secondary N) is 2. The third kappa shape index (κ3) is 17.0. The number of nitrogens with zero attached hydrogens (tertiary/aromatic N) is 12. The van der Waals surface area contributed by atoms with Crippen molar-refractivity contribution in [2.75, 3.05) is 24.9 Å². The van der Waals surface area contributed by atoms with Gasteiger partial charge in [-0.3, -0.25) is 4.79 Å². The van der Waals surface area contributed by atoms with E-state index in [1.807, 2.05) is 118 Å². The van der Waals surface area contributed by atoms with Gasteiger partial charge >= 0.3 is 0 Å². The minimum absolute atomic E-state index is 0.0500. The number of aliphatic hydroxyl groups excluding tert-OH is 1. The van der Waals surface area contributed by atoms with Gasteiger partial charge in [0.15, 0.2) is 50.6 Å². The van der Waals surface area contributed by atoms with Crippen LogP contribution in [0.5, 0.6) is 10.1 Å². The number of aliphatic hydroxyl groups is 1. The van der Waals surface area contributed by atoms with E-state index in [1.54, 1.807) is 94.1 Å². The highest BCUT2D eigenvalue weighted by molar-refractivity contribution is 9.11. The van der Waals surface area contributed by atoms with Crippen molar-refractivity contribution in [3.05, 3.63) is 246 Å². The molecule has 0 radical (unpaired) electrons. The second-order valence-electron chi connectivity index (χ2n) is 20.1. The van der Waals surface area contributed by atoms with E-state index in [1.165, 1.54) is 39.2 Å². The van der Waals surface area contributed by atoms with Gasteiger partial charge in [0.05, 0.1) is 62.7 Å². The number of anilines is 4. The second kappa shape index (κ2) is 31.2. The van der Waals surface area contributed by atoms with E-state index < -0.39 is 0 Å². The molecule has 0 fully saturated rings. The topological polar surface area (TPSA) is 201 Å². The molecule has 0 aliphatic heterocycles. The Labute approximate surface area is 564 Å². The van der Waals surface area contributed by atoms with Gasteiger partial charge in [0.2, 0.25) is 0 Å². The molecule has 3 aromatic carbocycles. The molecular formula is C67H59BrCl2N14O4S4. The molecule has 0 bridgehead atoms. The summed E-state index contributed by atoms with van der Waals surface area (Å²) in [7, 11) is 3.33. The second-order valence-corrected chi connectivity index (χ2v) is 26.6. The number of aromatic nitrogens is 12. The standard InChI is InChI=1S/2C19H18N4OS.C11H8ClN3OS.C7H8.C6H4ClN3.C5H3BrOS/c1-12-4-5-14(10-13(12)2)21-17-7-8-18-20-11-15(23(18)22-17)16-6-9-19(24-3)25-16;1-12-3-4-14(9-13(12)2)21-18-7-8-19-20-10-16(23(19)22-18)17-6-5-15(11-24)25-17;1-16-11-5-2-8(17-11)7-6-13-10-4-3-9(12)14-15(7)10;1-7-5-3-2-4-6-7;7-5-1-2-6-8-3-4-10(6)9-5;6-5-2-1-4(3-7)8-5/h4-11H,1-3H3,(H,21,22);3-10,24H,11H2,1-2H3,(H,21,22);2-6H,1H3;2-6H,1H3;1-4H;1-3H. The van der Waals surface area contributed by atoms with Crippen molar-refractivity contribution < 1.29 is 19.4 Å². The Balaban J connectivity index is 0.000000129. The summed E-state index contributed by atoms with van der Waals surface area (Å²) >= 11 is 20.8. The Morgan fingerprint density at radius 1 is 0.511 bits per heavy atom. The van der Waals surface area contributed by atoms with E-state index in [0.29, 0.717) is 10.3 Å². The smallest absolute Gasteiger partial charge is 0.173 e. The van der Waals surface area contributed by atoms with Crippen LogP contribution in [0.15, 0.2) is 199 Å². The van der Waals surface area contributed by atoms with Gasteiger partial charge in [-0.15, -0.1) is 32.9 Å². The molecule has 92 heavy (non-hydrogen) atoms. The van der Waals surface area contributed by atoms with Crippen molar-refractivity contribution in [2.45, 2.75) is 41.2 Å². The molecule has 12 heterocycles. The average molecular weight is 1400 g/mol. The lowest BCUT2D eigenvalue weighted by atomic mass is 10.1. The predicted molar refractivity (Wildman–Crippen MR) is 378 cm³/mol. The van der Waals surface area contributed by atoms with E-state index in [-0.39, 0.29) is 6.61 Å². The van der Waals surface area contributed by atoms with Crippen LogP contribution in [0.2, 0.25) is 10.3 Å². The number of rotatable bonds is 11. The minimum atomic E-state index is 0.0500. The number of hydrogen-bond donors (Lipinski definition) is 3. The Bertz CT molecular complexity index is 4750. The molecule has 12 aromatic heterocycles. The number of aldehydes is 1. The number of halogens is 3. The zero-order valence-corrected chi connectivity index (χ0v) is 56.9. The first-order valence-corrected chi connectivity index (χ1v) is 33.0. The van der Waals surface area contributed by atoms with Gasteiger partial charge in [-0.25, -0.2) is 38.0 Å². The molecule has 466 valence electrons. The zero-order valence-electron chi connectivity index (χ0n) is 50.6. The molecule has 3 N–H and O–H groups in total. The van der Waals surface area contributed by atoms with E-state index in [4.69, 9.17) is 37.8 Å². The Morgan fingerprint density at radius 2 is 1.00 bits per heavy atom. The first-order chi connectivity index (χ1) is 44.6. The van der Waals surface area contributed by atoms with Gasteiger partial charge in [0.1, 0.15) is 27.4 Å². The number of thiophene rings is 4. The Kier molecular flexibility index (Phi) is 22.3. The maximum Gasteiger partial charge on any atom is 0.173 e. The third-order valence-corrected chi connectivity index (χ3v) is 18.8. The molecule has 0 saturated heterocycles. The first-order valence-electron chi connectivity index (χ1n) is 28.2. The van der Waals surface area contributed by atoms with Crippen molar-refractivity contribution in [3.63, 3.8) is 0 Å². The molecule has 0 atom stereocenters. The third-order valence-electron chi connectivity index (χ3n) is 13.6. The quantitative estimate of drug-likeness (QED) is 0.103. The van der Waals surface area contributed by atoms with Crippen molar-refractivity contribution in [1.82, 2.24) is 58.4 Å². The van der Waals surface area contributed by atoms with Crippen LogP contribution in [0.3, 0.4) is 0 Å². The van der Waals surface area contributed by atoms with Crippen LogP contribution in [0.4, 0.5) is 23.0 Å². The fourth-order valence-corrected chi connectivity index (χ4v) is 12.6. The summed E-state index contributed by atoms with van der Waals surface area (Å²) in [6.07, 6.45) is 9.71. The molecule has 0 unspecified atom stereocenters. The molecule has 0 aliphatic rings. The fourth-order valence-electron chi connectivity index (χ4n) is 8.62. The molecule has 0 spiro atoms. The summed E-state index contributed by atoms with van der Waals surface area (Å²) in [6.45, 7) is 10.5. The van der Waals surface area contributed by atoms with Gasteiger partial charge < -0.3 is 25.2 Å². The van der Waals surface area contributed by atoms with E-state index in [0.717, 1.165) is 107 Å². The van der Waals surface area contributed by atoms with E-state index >= 15 is 0 Å². The van der Waals surface area contributed by atoms with Crippen LogP contribution in [-0.4, -0.2) is 84.0 Å². The number of aryl methyl sites for hydroxylation is 5. The van der Waals surface area contributed by atoms with Gasteiger partial charge in [0.25, 0.3) is 0 Å². The number of hydrogen-bond acceptors (Lipinski definition) is 18. The highest BCUT2D eigenvalue weighted by Crippen LogP contribution is 2.35. The number of fused-ring (bicyclic) bond motifs is 4. The molecule has 15 rings (SSSR count). The van der Waals surface area contributed by atoms with Gasteiger partial charge in [-0.05, 0) is 194 Å². The van der Waals surface area contributed by atoms with Gasteiger partial charge in [0, 0.05) is 28.6 Å². The van der Waals surface area contributed by atoms with Crippen LogP contribution in [0.1, 0.15) is 42.4 Å². The lowest BCUT2D eigenvalue weighted by Crippen LogP contribution is -2.00. The number of benzene rings is 3. The van der Waals surface area contributed by atoms with E-state index in [9.17, 15) is 9.90 Å². The molecule has 0 amide bonds. The van der Waals surface area contributed by atoms with Crippen molar-refractivity contribution in [2.24, 2.45) is 0 Å². The summed E-state index contributed by atoms with van der Waals surface area (Å²) in [5, 5.41) is 36.2. The fraction of sp³-hybridized carbons (Fsp3) is 0.119. The molecule has 15 aromatic rings. The minimum Gasteiger partial charge on any atom is -0.487 e. The molecule has 0 saturated carbocycles. The van der Waals surface area contributed by atoms with Crippen LogP contribution in [0.25, 0.3) is 54.3 Å². The summed E-state index contributed by atoms with van der Waals surface area (Å²) in [6, 6.07) is 53.1. The highest BCUT2D eigenvalue weighted by atomic mass is 79.9. The first kappa shape index (κ1) is 65.8. The Hall–Kier alpha value is -9.17. The summed E-state index contributed by atoms with van der Waals surface area (Å²) in [4.78, 5) is 32.0. The molecular weight excluding hydrogens is 1340 g/mol. The largest absolute Gasteiger partial charge is 0.487 e. The van der Waals surface area contributed by atoms with Crippen LogP contribution in [0, 0.1) is 34.6 Å². The number of methoxy groups -OCH3 is 2. The summed E-state index contributed by atoms with van der Waals surface area (Å²) in [5.41, 5.74) is 14.4. The molecule has 25 heteroatoms. The summed E-state index contributed by atoms with van der Waals surface area (Å²) < 4.78 is 18.5. The monoisotopic (exact) mass is 1400 g/mol. The van der Waals surface area contributed by atoms with Crippen molar-refractivity contribution in [3.8, 4) is 41.8 Å². The lowest BCUT2D eigenvalue weighted by molar-refractivity contribution is 0.112. The van der Waals surface area contributed by atoms with Gasteiger partial charge in [-0.1, -0.05) is 93.9 Å². The van der Waals surface area contributed by atoms with Crippen LogP contribution >= 0.6 is 84.5 Å². The number of carbonyl (C=O) groups excluding carboxylic acids is 1. The summed E-state index contributed by atoms with van der Waals surface area (Å²) in [5.74, 6) is 1.53. The number of carbonyl (C=O) groups is 1. The van der Waals surface area contributed by atoms with Crippen LogP contribution in [-0.2, 0) is 6.61 Å². The SMILES string of the molecule is COc1ccc(-c2cnc3ccc(Cl)nn23)s1.COc1ccc(-c2cnc3ccc(Nc4ccc(C)c(C)c4)nn23)s1.Cc1ccc(Nc2ccc3ncc(-c4ccc(CO)s4)n3n2)cc1C.Cc1ccccc1.Clc1ccc2nccn2n1.O=Cc1ccc(Br)s1. The number of imidazole rings is 4. The maximum atomic E-state index is 10.0. The average Bonchev–Trinajstić information content (AvgIpc) is 1.87. The highest BCUT2D eigenvalue weighted by Gasteiger charge is 2.14. The zero-order chi connectivity index (χ0) is 64.7. The normalized spacial score (nSPS) is 10.6. The molecule has 0 aliphatic carbocycles. The predicted octanol–water partition coefficient (Wildman–Crippen LogP) is 18.0. The van der Waals surface area contributed by atoms with E-state index in [2.05, 4.69) is 145 Å². The Morgan fingerprint density at radius 3 is 1.43 bits per heavy atom. The van der Waals surface area contributed by atoms with Crippen LogP contribution < -0.4 is 20.1 Å². The lowest BCUT2D eigenvalue weighted by Gasteiger charge is -2.08. The van der Waals surface area contributed by atoms with Crippen molar-refractivity contribution in [1.29, 1.82) is 0 Å². The number of ether oxygens (including phenoxy) is 2. The molecule has 18 nitrogen and oxygen atoms in total. The van der Waals surface area contributed by atoms with Gasteiger partial charge in [-0.2, -0.15) is 10.2 Å².